The van der Waals surface area contributed by atoms with Gasteiger partial charge in [0.15, 0.2) is 5.96 Å². The smallest absolute Gasteiger partial charge is 0.191 e. The molecule has 0 aliphatic carbocycles. The van der Waals surface area contributed by atoms with Gasteiger partial charge in [-0.15, -0.1) is 0 Å². The van der Waals surface area contributed by atoms with Gasteiger partial charge in [0, 0.05) is 18.6 Å². The van der Waals surface area contributed by atoms with E-state index in [1.165, 1.54) is 51.4 Å². The van der Waals surface area contributed by atoms with Crippen molar-refractivity contribution in [2.45, 2.75) is 98.1 Å². The van der Waals surface area contributed by atoms with Crippen molar-refractivity contribution in [2.24, 2.45) is 4.99 Å². The molecule has 0 fully saturated rings. The fourth-order valence-corrected chi connectivity index (χ4v) is 2.12. The second-order valence-electron chi connectivity index (χ2n) is 6.30. The van der Waals surface area contributed by atoms with Gasteiger partial charge in [0.1, 0.15) is 0 Å². The molecule has 0 bridgehead atoms. The lowest BCUT2D eigenvalue weighted by atomic mass is 10.1. The first-order valence-corrected chi connectivity index (χ1v) is 8.63. The van der Waals surface area contributed by atoms with Crippen molar-refractivity contribution in [1.29, 1.82) is 0 Å². The van der Waals surface area contributed by atoms with Crippen LogP contribution in [0.4, 0.5) is 0 Å². The Balaban J connectivity index is 3.66. The molecule has 0 saturated carbocycles. The number of nitrogens with zero attached hydrogens (tertiary/aromatic N) is 1. The summed E-state index contributed by atoms with van der Waals surface area (Å²) in [7, 11) is 0. The molecule has 0 radical (unpaired) electrons. The molecule has 0 aromatic rings. The van der Waals surface area contributed by atoms with E-state index in [0.29, 0.717) is 12.1 Å². The van der Waals surface area contributed by atoms with Gasteiger partial charge in [-0.1, -0.05) is 51.9 Å². The molecule has 3 heteroatoms. The van der Waals surface area contributed by atoms with Crippen LogP contribution in [-0.2, 0) is 0 Å². The van der Waals surface area contributed by atoms with E-state index < -0.39 is 0 Å². The van der Waals surface area contributed by atoms with Gasteiger partial charge in [-0.25, -0.2) is 0 Å². The zero-order valence-electron chi connectivity index (χ0n) is 14.5. The van der Waals surface area contributed by atoms with Crippen LogP contribution < -0.4 is 10.6 Å². The predicted molar refractivity (Wildman–Crippen MR) is 91.5 cm³/mol. The first-order chi connectivity index (χ1) is 9.56. The number of nitrogens with one attached hydrogen (secondary N) is 2. The fourth-order valence-electron chi connectivity index (χ4n) is 2.12. The molecule has 0 aromatic carbocycles. The van der Waals surface area contributed by atoms with Crippen molar-refractivity contribution in [2.75, 3.05) is 6.54 Å². The van der Waals surface area contributed by atoms with E-state index in [1.54, 1.807) is 0 Å². The second-order valence-corrected chi connectivity index (χ2v) is 6.30. The summed E-state index contributed by atoms with van der Waals surface area (Å²) in [6.07, 6.45) is 10.8. The van der Waals surface area contributed by atoms with Crippen molar-refractivity contribution in [1.82, 2.24) is 10.6 Å². The molecule has 0 aliphatic heterocycles. The van der Waals surface area contributed by atoms with Crippen molar-refractivity contribution >= 4 is 5.96 Å². The molecule has 0 amide bonds. The molecule has 0 heterocycles. The van der Waals surface area contributed by atoms with Crippen LogP contribution in [0.3, 0.4) is 0 Å². The van der Waals surface area contributed by atoms with Crippen molar-refractivity contribution in [3.8, 4) is 0 Å². The van der Waals surface area contributed by atoms with E-state index in [0.717, 1.165) is 12.5 Å². The van der Waals surface area contributed by atoms with E-state index >= 15 is 0 Å². The number of hydrogen-bond acceptors (Lipinski definition) is 1. The second kappa shape index (κ2) is 13.3. The van der Waals surface area contributed by atoms with Crippen LogP contribution in [0.1, 0.15) is 86.0 Å². The van der Waals surface area contributed by atoms with Crippen LogP contribution >= 0.6 is 0 Å². The van der Waals surface area contributed by atoms with Crippen LogP contribution in [0, 0.1) is 0 Å². The van der Waals surface area contributed by atoms with E-state index in [9.17, 15) is 0 Å². The highest BCUT2D eigenvalue weighted by atomic mass is 15.2. The minimum absolute atomic E-state index is 0.429. The highest BCUT2D eigenvalue weighted by Gasteiger charge is 2.02. The van der Waals surface area contributed by atoms with E-state index in [1.807, 2.05) is 0 Å². The van der Waals surface area contributed by atoms with Crippen molar-refractivity contribution in [3.63, 3.8) is 0 Å². The molecule has 3 nitrogen and oxygen atoms in total. The van der Waals surface area contributed by atoms with E-state index in [2.05, 4.69) is 50.2 Å². The molecule has 0 aliphatic rings. The maximum Gasteiger partial charge on any atom is 0.191 e. The van der Waals surface area contributed by atoms with Crippen LogP contribution in [0.15, 0.2) is 4.99 Å². The molecule has 0 aromatic heterocycles. The lowest BCUT2D eigenvalue weighted by Crippen LogP contribution is -2.44. The number of aliphatic imine (C=N–C) groups is 1. The number of guanidine groups is 1. The molecule has 2 N–H and O–H groups in total. The maximum atomic E-state index is 4.65. The van der Waals surface area contributed by atoms with Crippen LogP contribution in [-0.4, -0.2) is 24.6 Å². The number of hydrogen-bond donors (Lipinski definition) is 2. The summed E-state index contributed by atoms with van der Waals surface area (Å²) in [5.74, 6) is 0.956. The normalized spacial score (nSPS) is 10.9. The Hall–Kier alpha value is -0.730. The van der Waals surface area contributed by atoms with Gasteiger partial charge in [0.25, 0.3) is 0 Å². The Morgan fingerprint density at radius 3 is 1.65 bits per heavy atom. The molecule has 120 valence electrons. The molecule has 0 rings (SSSR count). The molecule has 0 saturated heterocycles. The summed E-state index contributed by atoms with van der Waals surface area (Å²) in [5.41, 5.74) is 0. The lowest BCUT2D eigenvalue weighted by Gasteiger charge is -2.17. The Morgan fingerprint density at radius 1 is 0.750 bits per heavy atom. The molecule has 20 heavy (non-hydrogen) atoms. The average molecular weight is 284 g/mol. The molecule has 0 unspecified atom stereocenters. The Labute approximate surface area is 127 Å². The molecular formula is C17H37N3. The van der Waals surface area contributed by atoms with Gasteiger partial charge in [-0.05, 0) is 34.1 Å². The quantitative estimate of drug-likeness (QED) is 0.333. The summed E-state index contributed by atoms with van der Waals surface area (Å²) >= 11 is 0. The monoisotopic (exact) mass is 283 g/mol. The summed E-state index contributed by atoms with van der Waals surface area (Å²) in [4.78, 5) is 4.65. The summed E-state index contributed by atoms with van der Waals surface area (Å²) < 4.78 is 0. The number of rotatable bonds is 11. The fraction of sp³-hybridized carbons (Fsp3) is 0.941. The summed E-state index contributed by atoms with van der Waals surface area (Å²) in [6, 6.07) is 0.858. The molecular weight excluding hydrogens is 246 g/mol. The highest BCUT2D eigenvalue weighted by Crippen LogP contribution is 2.08. The Bertz CT molecular complexity index is 222. The largest absolute Gasteiger partial charge is 0.354 e. The van der Waals surface area contributed by atoms with Crippen LogP contribution in [0.5, 0.6) is 0 Å². The minimum atomic E-state index is 0.429. The van der Waals surface area contributed by atoms with Gasteiger partial charge in [0.2, 0.25) is 0 Å². The zero-order valence-corrected chi connectivity index (χ0v) is 14.5. The topological polar surface area (TPSA) is 36.4 Å². The third kappa shape index (κ3) is 13.7. The van der Waals surface area contributed by atoms with Gasteiger partial charge in [-0.3, -0.25) is 4.99 Å². The first kappa shape index (κ1) is 19.3. The Kier molecular flexibility index (Phi) is 12.8. The SMILES string of the molecule is CCCCCCCCCCN=C(NC(C)C)NC(C)C. The van der Waals surface area contributed by atoms with Crippen LogP contribution in [0.25, 0.3) is 0 Å². The molecule has 0 atom stereocenters. The van der Waals surface area contributed by atoms with Gasteiger partial charge < -0.3 is 10.6 Å². The zero-order chi connectivity index (χ0) is 15.2. The van der Waals surface area contributed by atoms with E-state index in [4.69, 9.17) is 0 Å². The van der Waals surface area contributed by atoms with Crippen molar-refractivity contribution in [3.05, 3.63) is 0 Å². The van der Waals surface area contributed by atoms with Gasteiger partial charge >= 0.3 is 0 Å². The Morgan fingerprint density at radius 2 is 1.20 bits per heavy atom. The maximum absolute atomic E-state index is 4.65. The number of unbranched alkanes of at least 4 members (excludes halogenated alkanes) is 7. The third-order valence-electron chi connectivity index (χ3n) is 3.13. The predicted octanol–water partition coefficient (Wildman–Crippen LogP) is 4.48. The molecule has 0 spiro atoms. The minimum Gasteiger partial charge on any atom is -0.354 e. The lowest BCUT2D eigenvalue weighted by molar-refractivity contribution is 0.576. The van der Waals surface area contributed by atoms with Crippen molar-refractivity contribution < 1.29 is 0 Å². The van der Waals surface area contributed by atoms with Crippen LogP contribution in [0.2, 0.25) is 0 Å². The van der Waals surface area contributed by atoms with Gasteiger partial charge in [-0.2, -0.15) is 0 Å². The third-order valence-corrected chi connectivity index (χ3v) is 3.13. The highest BCUT2D eigenvalue weighted by molar-refractivity contribution is 5.80. The average Bonchev–Trinajstić information content (AvgIpc) is 2.35. The first-order valence-electron chi connectivity index (χ1n) is 8.63. The van der Waals surface area contributed by atoms with Gasteiger partial charge in [0.05, 0.1) is 0 Å². The summed E-state index contributed by atoms with van der Waals surface area (Å²) in [5, 5.41) is 6.75. The summed E-state index contributed by atoms with van der Waals surface area (Å²) in [6.45, 7) is 11.8. The standard InChI is InChI=1S/C17H37N3/c1-6-7-8-9-10-11-12-13-14-18-17(19-15(2)3)20-16(4)5/h15-16H,6-14H2,1-5H3,(H2,18,19,20). The van der Waals surface area contributed by atoms with E-state index in [-0.39, 0.29) is 0 Å².